The first-order valence-electron chi connectivity index (χ1n) is 17.9. The summed E-state index contributed by atoms with van der Waals surface area (Å²) in [5.41, 5.74) is 11.8. The Bertz CT molecular complexity index is 2770. The molecule has 0 atom stereocenters. The van der Waals surface area contributed by atoms with Gasteiger partial charge in [-0.25, -0.2) is 0 Å². The van der Waals surface area contributed by atoms with Crippen molar-refractivity contribution in [2.45, 2.75) is 0 Å². The van der Waals surface area contributed by atoms with Crippen LogP contribution in [0, 0.1) is 0 Å². The van der Waals surface area contributed by atoms with Crippen molar-refractivity contribution in [1.82, 2.24) is 0 Å². The van der Waals surface area contributed by atoms with E-state index in [1.54, 1.807) is 0 Å². The average Bonchev–Trinajstić information content (AvgIpc) is 3.81. The molecule has 2 aromatic heterocycles. The molecule has 3 heteroatoms. The Morgan fingerprint density at radius 3 is 1.17 bits per heavy atom. The summed E-state index contributed by atoms with van der Waals surface area (Å²) in [4.78, 5) is 2.36. The van der Waals surface area contributed by atoms with Crippen molar-refractivity contribution in [3.63, 3.8) is 0 Å². The van der Waals surface area contributed by atoms with E-state index in [0.29, 0.717) is 0 Å². The van der Waals surface area contributed by atoms with Crippen LogP contribution < -0.4 is 4.90 Å². The highest BCUT2D eigenvalue weighted by Crippen LogP contribution is 2.43. The molecular weight excluding hydrogens is 679 g/mol. The molecule has 0 aliphatic carbocycles. The van der Waals surface area contributed by atoms with E-state index in [9.17, 15) is 0 Å². The van der Waals surface area contributed by atoms with Crippen LogP contribution in [0.1, 0.15) is 5.56 Å². The topological polar surface area (TPSA) is 3.24 Å². The zero-order valence-electron chi connectivity index (χ0n) is 28.9. The smallest absolute Gasteiger partial charge is 0.0462 e. The molecule has 0 radical (unpaired) electrons. The summed E-state index contributed by atoms with van der Waals surface area (Å²) >= 11 is 3.75. The second kappa shape index (κ2) is 13.1. The van der Waals surface area contributed by atoms with Crippen LogP contribution in [0.25, 0.3) is 79.8 Å². The minimum absolute atomic E-state index is 1.11. The highest BCUT2D eigenvalue weighted by molar-refractivity contribution is 7.26. The van der Waals surface area contributed by atoms with E-state index >= 15 is 0 Å². The largest absolute Gasteiger partial charge is 0.311 e. The summed E-state index contributed by atoms with van der Waals surface area (Å²) in [5.74, 6) is 0. The van der Waals surface area contributed by atoms with Gasteiger partial charge in [0.1, 0.15) is 0 Å². The van der Waals surface area contributed by atoms with Gasteiger partial charge >= 0.3 is 0 Å². The van der Waals surface area contributed by atoms with E-state index in [4.69, 9.17) is 0 Å². The Kier molecular flexibility index (Phi) is 7.75. The Morgan fingerprint density at radius 1 is 0.358 bits per heavy atom. The molecule has 0 unspecified atom stereocenters. The molecule has 1 nitrogen and oxygen atoms in total. The van der Waals surface area contributed by atoms with Crippen LogP contribution in [0.4, 0.5) is 17.1 Å². The van der Waals surface area contributed by atoms with Gasteiger partial charge < -0.3 is 4.90 Å². The summed E-state index contributed by atoms with van der Waals surface area (Å²) in [5, 5.41) is 5.28. The van der Waals surface area contributed by atoms with Crippen molar-refractivity contribution in [3.05, 3.63) is 194 Å². The summed E-state index contributed by atoms with van der Waals surface area (Å²) in [6, 6.07) is 66.4. The molecule has 0 N–H and O–H groups in total. The maximum atomic E-state index is 3.91. The molecule has 53 heavy (non-hydrogen) atoms. The van der Waals surface area contributed by atoms with Crippen molar-refractivity contribution < 1.29 is 0 Å². The highest BCUT2D eigenvalue weighted by Gasteiger charge is 2.16. The van der Waals surface area contributed by atoms with Gasteiger partial charge in [0.25, 0.3) is 0 Å². The first-order valence-corrected chi connectivity index (χ1v) is 19.5. The van der Waals surface area contributed by atoms with Crippen molar-refractivity contribution in [1.29, 1.82) is 0 Å². The van der Waals surface area contributed by atoms with E-state index < -0.39 is 0 Å². The SMILES string of the molecule is C=Cc1ccc(-c2ccc(N(c3ccc(-c4cccc5c4sc4ccccc45)cc3)c3ccc(-c4cccc5c4sc4ccccc45)cc3)cc2)cc1. The summed E-state index contributed by atoms with van der Waals surface area (Å²) in [6.07, 6.45) is 1.88. The third-order valence-corrected chi connectivity index (χ3v) is 12.7. The molecule has 250 valence electrons. The normalized spacial score (nSPS) is 11.5. The van der Waals surface area contributed by atoms with Gasteiger partial charge in [-0.1, -0.05) is 146 Å². The second-order valence-electron chi connectivity index (χ2n) is 13.4. The zero-order chi connectivity index (χ0) is 35.3. The van der Waals surface area contributed by atoms with Crippen LogP contribution in [-0.4, -0.2) is 0 Å². The van der Waals surface area contributed by atoms with Crippen LogP contribution in [0.15, 0.2) is 189 Å². The molecule has 0 saturated carbocycles. The summed E-state index contributed by atoms with van der Waals surface area (Å²) in [6.45, 7) is 3.91. The van der Waals surface area contributed by atoms with Crippen LogP contribution in [0.3, 0.4) is 0 Å². The fourth-order valence-corrected chi connectivity index (χ4v) is 10.1. The van der Waals surface area contributed by atoms with Gasteiger partial charge in [0, 0.05) is 57.4 Å². The summed E-state index contributed by atoms with van der Waals surface area (Å²) in [7, 11) is 0. The average molecular weight is 712 g/mol. The van der Waals surface area contributed by atoms with E-state index in [0.717, 1.165) is 22.6 Å². The summed E-state index contributed by atoms with van der Waals surface area (Å²) < 4.78 is 5.31. The lowest BCUT2D eigenvalue weighted by atomic mass is 10.0. The first kappa shape index (κ1) is 31.5. The molecule has 10 rings (SSSR count). The molecular formula is C50H33NS2. The van der Waals surface area contributed by atoms with Gasteiger partial charge in [0.05, 0.1) is 0 Å². The fraction of sp³-hybridized carbons (Fsp3) is 0. The van der Waals surface area contributed by atoms with Crippen LogP contribution >= 0.6 is 22.7 Å². The minimum Gasteiger partial charge on any atom is -0.311 e. The van der Waals surface area contributed by atoms with Crippen LogP contribution in [-0.2, 0) is 0 Å². The van der Waals surface area contributed by atoms with Gasteiger partial charge in [-0.2, -0.15) is 0 Å². The van der Waals surface area contributed by atoms with E-state index in [2.05, 4.69) is 193 Å². The van der Waals surface area contributed by atoms with Gasteiger partial charge in [-0.3, -0.25) is 0 Å². The molecule has 0 saturated heterocycles. The molecule has 0 amide bonds. The number of anilines is 3. The Morgan fingerprint density at radius 2 is 0.736 bits per heavy atom. The molecule has 0 spiro atoms. The lowest BCUT2D eigenvalue weighted by Crippen LogP contribution is -2.09. The third-order valence-electron chi connectivity index (χ3n) is 10.3. The maximum absolute atomic E-state index is 3.91. The van der Waals surface area contributed by atoms with Gasteiger partial charge in [0.15, 0.2) is 0 Å². The second-order valence-corrected chi connectivity index (χ2v) is 15.5. The van der Waals surface area contributed by atoms with Gasteiger partial charge in [-0.15, -0.1) is 22.7 Å². The number of rotatable bonds is 7. The predicted molar refractivity (Wildman–Crippen MR) is 233 cm³/mol. The van der Waals surface area contributed by atoms with Crippen LogP contribution in [0.2, 0.25) is 0 Å². The Hall–Kier alpha value is -6.26. The maximum Gasteiger partial charge on any atom is 0.0462 e. The van der Waals surface area contributed by atoms with Gasteiger partial charge in [-0.05, 0) is 87.5 Å². The fourth-order valence-electron chi connectivity index (χ4n) is 7.59. The van der Waals surface area contributed by atoms with Crippen LogP contribution in [0.5, 0.6) is 0 Å². The monoisotopic (exact) mass is 711 g/mol. The van der Waals surface area contributed by atoms with Crippen molar-refractivity contribution in [2.75, 3.05) is 4.90 Å². The first-order chi connectivity index (χ1) is 26.2. The standard InChI is InChI=1S/C50H33NS2/c1-2-33-17-19-34(20-18-33)35-21-27-38(28-22-35)51(39-29-23-36(24-30-39)41-11-7-13-45-43-9-3-5-15-47(43)52-49(41)45)40-31-25-37(26-32-40)42-12-8-14-46-44-10-4-6-16-48(44)53-50(42)46/h2-32H,1H2. The minimum atomic E-state index is 1.11. The number of benzene rings is 8. The van der Waals surface area contributed by atoms with E-state index in [1.165, 1.54) is 73.7 Å². The highest BCUT2D eigenvalue weighted by atomic mass is 32.1. The molecule has 2 heterocycles. The third kappa shape index (κ3) is 5.53. The number of fused-ring (bicyclic) bond motifs is 6. The Balaban J connectivity index is 1.05. The predicted octanol–water partition coefficient (Wildman–Crippen LogP) is 15.5. The van der Waals surface area contributed by atoms with Crippen molar-refractivity contribution >= 4 is 86.2 Å². The van der Waals surface area contributed by atoms with E-state index in [-0.39, 0.29) is 0 Å². The number of hydrogen-bond acceptors (Lipinski definition) is 3. The zero-order valence-corrected chi connectivity index (χ0v) is 30.5. The molecule has 10 aromatic rings. The molecule has 0 aliphatic rings. The molecule has 0 bridgehead atoms. The lowest BCUT2D eigenvalue weighted by Gasteiger charge is -2.26. The Labute approximate surface area is 317 Å². The van der Waals surface area contributed by atoms with Crippen molar-refractivity contribution in [3.8, 4) is 33.4 Å². The number of hydrogen-bond donors (Lipinski definition) is 0. The molecule has 0 aliphatic heterocycles. The van der Waals surface area contributed by atoms with Crippen molar-refractivity contribution in [2.24, 2.45) is 0 Å². The molecule has 8 aromatic carbocycles. The number of nitrogens with zero attached hydrogens (tertiary/aromatic N) is 1. The lowest BCUT2D eigenvalue weighted by molar-refractivity contribution is 1.28. The quantitative estimate of drug-likeness (QED) is 0.159. The molecule has 0 fully saturated rings. The number of thiophene rings is 2. The van der Waals surface area contributed by atoms with Gasteiger partial charge in [0.2, 0.25) is 0 Å². The van der Waals surface area contributed by atoms with E-state index in [1.807, 2.05) is 28.7 Å².